The maximum atomic E-state index is 3.76. The van der Waals surface area contributed by atoms with Crippen molar-refractivity contribution in [2.45, 2.75) is 103 Å². The van der Waals surface area contributed by atoms with E-state index >= 15 is 0 Å². The molecule has 0 atom stereocenters. The Hall–Kier alpha value is -0.520. The zero-order valence-electron chi connectivity index (χ0n) is 14.0. The molecular weight excluding hydrogens is 240 g/mol. The lowest BCUT2D eigenvalue weighted by Crippen LogP contribution is -1.79. The normalized spacial score (nSPS) is 11.2. The fourth-order valence-corrected chi connectivity index (χ4v) is 2.54. The molecule has 0 saturated heterocycles. The number of unbranched alkanes of at least 4 members (excludes halogenated alkanes) is 13. The zero-order chi connectivity index (χ0) is 14.7. The summed E-state index contributed by atoms with van der Waals surface area (Å²) in [5, 5.41) is 0. The Labute approximate surface area is 128 Å². The molecule has 0 bridgehead atoms. The van der Waals surface area contributed by atoms with Gasteiger partial charge in [0.05, 0.1) is 0 Å². The third-order valence-corrected chi connectivity index (χ3v) is 3.92. The van der Waals surface area contributed by atoms with Crippen molar-refractivity contribution in [3.63, 3.8) is 0 Å². The Morgan fingerprint density at radius 1 is 0.550 bits per heavy atom. The van der Waals surface area contributed by atoms with Crippen LogP contribution in [0, 0.1) is 0 Å². The molecule has 0 unspecified atom stereocenters. The topological polar surface area (TPSA) is 0 Å². The van der Waals surface area contributed by atoms with E-state index < -0.39 is 0 Å². The molecule has 0 fully saturated rings. The first-order chi connectivity index (χ1) is 9.91. The second-order valence-electron chi connectivity index (χ2n) is 6.02. The predicted molar refractivity (Wildman–Crippen MR) is 94.3 cm³/mol. The van der Waals surface area contributed by atoms with E-state index in [9.17, 15) is 0 Å². The molecule has 0 aromatic carbocycles. The number of rotatable bonds is 16. The van der Waals surface area contributed by atoms with Gasteiger partial charge in [0.15, 0.2) is 0 Å². The van der Waals surface area contributed by atoms with Crippen molar-refractivity contribution in [3.8, 4) is 0 Å². The zero-order valence-corrected chi connectivity index (χ0v) is 14.0. The molecule has 0 aliphatic carbocycles. The van der Waals surface area contributed by atoms with Gasteiger partial charge < -0.3 is 0 Å². The molecule has 0 aliphatic heterocycles. The Morgan fingerprint density at radius 3 is 1.40 bits per heavy atom. The number of hydrogen-bond donors (Lipinski definition) is 0. The third-order valence-electron chi connectivity index (χ3n) is 3.92. The standard InChI is InChI=1S/C20H38/c1-3-5-7-9-11-13-15-17-19-20-18-16-14-12-10-8-6-4-2/h3,18,20H,1,4-17,19H2,2H3. The molecule has 0 N–H and O–H groups in total. The fourth-order valence-electron chi connectivity index (χ4n) is 2.54. The van der Waals surface area contributed by atoms with Crippen molar-refractivity contribution in [3.05, 3.63) is 24.8 Å². The molecule has 0 saturated carbocycles. The van der Waals surface area contributed by atoms with Crippen LogP contribution in [0.4, 0.5) is 0 Å². The molecule has 0 heterocycles. The molecule has 0 rings (SSSR count). The number of allylic oxidation sites excluding steroid dienone is 3. The SMILES string of the molecule is C=CCCCCCCCCC=CCCCCCCCC. The third kappa shape index (κ3) is 17.5. The van der Waals surface area contributed by atoms with Crippen molar-refractivity contribution >= 4 is 0 Å². The van der Waals surface area contributed by atoms with Crippen LogP contribution in [0.25, 0.3) is 0 Å². The maximum absolute atomic E-state index is 3.76. The van der Waals surface area contributed by atoms with Crippen LogP contribution in [0.5, 0.6) is 0 Å². The van der Waals surface area contributed by atoms with Crippen LogP contribution in [0.3, 0.4) is 0 Å². The Morgan fingerprint density at radius 2 is 0.950 bits per heavy atom. The molecule has 0 heteroatoms. The maximum Gasteiger partial charge on any atom is -0.0351 e. The summed E-state index contributed by atoms with van der Waals surface area (Å²) in [5.41, 5.74) is 0. The summed E-state index contributed by atoms with van der Waals surface area (Å²) in [6, 6.07) is 0. The lowest BCUT2D eigenvalue weighted by molar-refractivity contribution is 0.598. The summed E-state index contributed by atoms with van der Waals surface area (Å²) in [5.74, 6) is 0. The van der Waals surface area contributed by atoms with Crippen LogP contribution in [-0.4, -0.2) is 0 Å². The molecule has 0 aromatic rings. The minimum atomic E-state index is 1.20. The number of hydrogen-bond acceptors (Lipinski definition) is 0. The van der Waals surface area contributed by atoms with Crippen molar-refractivity contribution < 1.29 is 0 Å². The summed E-state index contributed by atoms with van der Waals surface area (Å²) in [6.07, 6.45) is 27.5. The summed E-state index contributed by atoms with van der Waals surface area (Å²) in [7, 11) is 0. The van der Waals surface area contributed by atoms with Gasteiger partial charge in [0.1, 0.15) is 0 Å². The molecule has 20 heavy (non-hydrogen) atoms. The van der Waals surface area contributed by atoms with Gasteiger partial charge >= 0.3 is 0 Å². The van der Waals surface area contributed by atoms with Crippen LogP contribution in [0.15, 0.2) is 24.8 Å². The molecule has 0 aliphatic rings. The van der Waals surface area contributed by atoms with Crippen LogP contribution < -0.4 is 0 Å². The van der Waals surface area contributed by atoms with E-state index in [2.05, 4.69) is 25.7 Å². The lowest BCUT2D eigenvalue weighted by Gasteiger charge is -1.99. The van der Waals surface area contributed by atoms with Gasteiger partial charge in [0.2, 0.25) is 0 Å². The molecule has 0 spiro atoms. The molecular formula is C20H38. The summed E-state index contributed by atoms with van der Waals surface area (Å²) in [6.45, 7) is 6.04. The minimum Gasteiger partial charge on any atom is -0.103 e. The monoisotopic (exact) mass is 278 g/mol. The van der Waals surface area contributed by atoms with E-state index in [1.165, 1.54) is 96.3 Å². The van der Waals surface area contributed by atoms with E-state index in [1.807, 2.05) is 6.08 Å². The first-order valence-electron chi connectivity index (χ1n) is 9.17. The van der Waals surface area contributed by atoms with E-state index in [0.717, 1.165) is 0 Å². The van der Waals surface area contributed by atoms with E-state index in [-0.39, 0.29) is 0 Å². The largest absolute Gasteiger partial charge is 0.103 e. The minimum absolute atomic E-state index is 1.20. The molecule has 0 amide bonds. The van der Waals surface area contributed by atoms with Gasteiger partial charge in [-0.3, -0.25) is 0 Å². The summed E-state index contributed by atoms with van der Waals surface area (Å²) < 4.78 is 0. The Balaban J connectivity index is 3.03. The van der Waals surface area contributed by atoms with Crippen LogP contribution in [-0.2, 0) is 0 Å². The first kappa shape index (κ1) is 19.5. The van der Waals surface area contributed by atoms with Crippen molar-refractivity contribution in [2.75, 3.05) is 0 Å². The Kier molecular flexibility index (Phi) is 18.0. The highest BCUT2D eigenvalue weighted by molar-refractivity contribution is 4.81. The van der Waals surface area contributed by atoms with Gasteiger partial charge in [0, 0.05) is 0 Å². The molecule has 0 nitrogen and oxygen atoms in total. The quantitative estimate of drug-likeness (QED) is 0.201. The average Bonchev–Trinajstić information content (AvgIpc) is 2.47. The highest BCUT2D eigenvalue weighted by Gasteiger charge is 1.90. The smallest absolute Gasteiger partial charge is 0.0351 e. The highest BCUT2D eigenvalue weighted by atomic mass is 14.0. The van der Waals surface area contributed by atoms with Gasteiger partial charge in [-0.25, -0.2) is 0 Å². The predicted octanol–water partition coefficient (Wildman–Crippen LogP) is 7.60. The first-order valence-corrected chi connectivity index (χ1v) is 9.17. The van der Waals surface area contributed by atoms with E-state index in [1.54, 1.807) is 0 Å². The van der Waals surface area contributed by atoms with E-state index in [4.69, 9.17) is 0 Å². The van der Waals surface area contributed by atoms with Crippen molar-refractivity contribution in [2.24, 2.45) is 0 Å². The second-order valence-corrected chi connectivity index (χ2v) is 6.02. The van der Waals surface area contributed by atoms with Crippen LogP contribution in [0.1, 0.15) is 103 Å². The highest BCUT2D eigenvalue weighted by Crippen LogP contribution is 2.10. The van der Waals surface area contributed by atoms with Gasteiger partial charge in [-0.15, -0.1) is 6.58 Å². The van der Waals surface area contributed by atoms with Crippen molar-refractivity contribution in [1.29, 1.82) is 0 Å². The van der Waals surface area contributed by atoms with Crippen molar-refractivity contribution in [1.82, 2.24) is 0 Å². The summed E-state index contributed by atoms with van der Waals surface area (Å²) in [4.78, 5) is 0. The fraction of sp³-hybridized carbons (Fsp3) is 0.800. The average molecular weight is 279 g/mol. The van der Waals surface area contributed by atoms with Crippen LogP contribution in [0.2, 0.25) is 0 Å². The lowest BCUT2D eigenvalue weighted by atomic mass is 10.1. The summed E-state index contributed by atoms with van der Waals surface area (Å²) >= 11 is 0. The van der Waals surface area contributed by atoms with Gasteiger partial charge in [0.25, 0.3) is 0 Å². The van der Waals surface area contributed by atoms with Gasteiger partial charge in [-0.2, -0.15) is 0 Å². The van der Waals surface area contributed by atoms with Gasteiger partial charge in [-0.1, -0.05) is 82.9 Å². The second kappa shape index (κ2) is 18.5. The molecule has 118 valence electrons. The van der Waals surface area contributed by atoms with Crippen LogP contribution >= 0.6 is 0 Å². The van der Waals surface area contributed by atoms with E-state index in [0.29, 0.717) is 0 Å². The molecule has 0 radical (unpaired) electrons. The molecule has 0 aromatic heterocycles. The van der Waals surface area contributed by atoms with Gasteiger partial charge in [-0.05, 0) is 38.5 Å². The Bertz CT molecular complexity index is 202.